The van der Waals surface area contributed by atoms with Gasteiger partial charge in [-0.05, 0) is 26.7 Å². The van der Waals surface area contributed by atoms with Gasteiger partial charge in [-0.15, -0.1) is 0 Å². The van der Waals surface area contributed by atoms with Crippen LogP contribution in [0.3, 0.4) is 0 Å². The van der Waals surface area contributed by atoms with E-state index in [-0.39, 0.29) is 35.6 Å². The highest BCUT2D eigenvalue weighted by molar-refractivity contribution is 5.69. The third kappa shape index (κ3) is 3.39. The lowest BCUT2D eigenvalue weighted by molar-refractivity contribution is -0.179. The number of rotatable bonds is 5. The molecule has 0 saturated carbocycles. The molecule has 4 unspecified atom stereocenters. The van der Waals surface area contributed by atoms with Crippen LogP contribution in [-0.2, 0) is 14.3 Å². The van der Waals surface area contributed by atoms with E-state index >= 15 is 0 Å². The molecule has 0 bridgehead atoms. The highest BCUT2D eigenvalue weighted by atomic mass is 16.5. The summed E-state index contributed by atoms with van der Waals surface area (Å²) in [5, 5.41) is 9.29. The molecule has 0 radical (unpaired) electrons. The zero-order valence-electron chi connectivity index (χ0n) is 14.1. The van der Waals surface area contributed by atoms with E-state index in [1.54, 1.807) is 0 Å². The molecule has 5 heteroatoms. The summed E-state index contributed by atoms with van der Waals surface area (Å²) in [5.41, 5.74) is -0.586. The quantitative estimate of drug-likeness (QED) is 0.791. The van der Waals surface area contributed by atoms with Crippen molar-refractivity contribution in [1.82, 2.24) is 4.90 Å². The minimum absolute atomic E-state index is 0.0197. The summed E-state index contributed by atoms with van der Waals surface area (Å²) in [6.45, 7) is 11.8. The van der Waals surface area contributed by atoms with Crippen molar-refractivity contribution in [2.24, 2.45) is 5.92 Å². The van der Waals surface area contributed by atoms with Gasteiger partial charge in [-0.2, -0.15) is 0 Å². The largest absolute Gasteiger partial charge is 0.480 e. The second-order valence-electron chi connectivity index (χ2n) is 6.68. The van der Waals surface area contributed by atoms with E-state index in [1.807, 2.05) is 0 Å². The molecule has 21 heavy (non-hydrogen) atoms. The normalized spacial score (nSPS) is 37.2. The average Bonchev–Trinajstić information content (AvgIpc) is 2.40. The SMILES string of the molecule is CCC1(C)CC(OC(C)=O)C(C)C(C)(CC)N1CC(=O)O. The molecular formula is C16H29NO4. The number of likely N-dealkylation sites (tertiary alicyclic amines) is 1. The van der Waals surface area contributed by atoms with Gasteiger partial charge >= 0.3 is 11.9 Å². The molecule has 4 atom stereocenters. The third-order valence-corrected chi connectivity index (χ3v) is 5.54. The average molecular weight is 299 g/mol. The standard InChI is InChI=1S/C16H29NO4/c1-7-15(5)9-13(21-12(4)18)11(3)16(6,8-2)17(15)10-14(19)20/h11,13H,7-10H2,1-6H3,(H,19,20). The summed E-state index contributed by atoms with van der Waals surface area (Å²) >= 11 is 0. The number of piperidine rings is 1. The Hall–Kier alpha value is -1.10. The summed E-state index contributed by atoms with van der Waals surface area (Å²) in [5.74, 6) is -0.992. The van der Waals surface area contributed by atoms with Crippen molar-refractivity contribution in [3.63, 3.8) is 0 Å². The number of aliphatic carboxylic acids is 1. The molecule has 1 saturated heterocycles. The number of hydrogen-bond acceptors (Lipinski definition) is 4. The number of carbonyl (C=O) groups excluding carboxylic acids is 1. The summed E-state index contributed by atoms with van der Waals surface area (Å²) in [7, 11) is 0. The van der Waals surface area contributed by atoms with Crippen molar-refractivity contribution in [2.45, 2.75) is 78.0 Å². The van der Waals surface area contributed by atoms with Crippen molar-refractivity contribution >= 4 is 11.9 Å². The van der Waals surface area contributed by atoms with Crippen LogP contribution in [-0.4, -0.2) is 45.7 Å². The maximum atomic E-state index is 11.4. The Labute approximate surface area is 127 Å². The minimum atomic E-state index is -0.813. The molecule has 0 aromatic heterocycles. The Morgan fingerprint density at radius 2 is 1.86 bits per heavy atom. The van der Waals surface area contributed by atoms with Crippen LogP contribution in [0.2, 0.25) is 0 Å². The van der Waals surface area contributed by atoms with Crippen molar-refractivity contribution in [2.75, 3.05) is 6.54 Å². The topological polar surface area (TPSA) is 66.8 Å². The number of carboxylic acids is 1. The Morgan fingerprint density at radius 3 is 2.24 bits per heavy atom. The predicted octanol–water partition coefficient (Wildman–Crippen LogP) is 2.68. The van der Waals surface area contributed by atoms with Gasteiger partial charge in [0, 0.05) is 30.3 Å². The molecule has 0 spiro atoms. The van der Waals surface area contributed by atoms with Gasteiger partial charge in [0.15, 0.2) is 0 Å². The molecule has 1 aliphatic heterocycles. The number of ether oxygens (including phenoxy) is 1. The second-order valence-corrected chi connectivity index (χ2v) is 6.68. The van der Waals surface area contributed by atoms with E-state index in [1.165, 1.54) is 6.92 Å². The maximum Gasteiger partial charge on any atom is 0.317 e. The van der Waals surface area contributed by atoms with Gasteiger partial charge in [0.2, 0.25) is 0 Å². The van der Waals surface area contributed by atoms with Gasteiger partial charge in [0.25, 0.3) is 0 Å². The van der Waals surface area contributed by atoms with Crippen molar-refractivity contribution < 1.29 is 19.4 Å². The molecule has 122 valence electrons. The monoisotopic (exact) mass is 299 g/mol. The molecule has 0 amide bonds. The number of nitrogens with zero attached hydrogens (tertiary/aromatic N) is 1. The Morgan fingerprint density at radius 1 is 1.29 bits per heavy atom. The fraction of sp³-hybridized carbons (Fsp3) is 0.875. The first-order valence-electron chi connectivity index (χ1n) is 7.77. The molecule has 1 aliphatic rings. The summed E-state index contributed by atoms with van der Waals surface area (Å²) in [4.78, 5) is 24.8. The minimum Gasteiger partial charge on any atom is -0.480 e. The maximum absolute atomic E-state index is 11.4. The van der Waals surface area contributed by atoms with E-state index < -0.39 is 5.97 Å². The summed E-state index contributed by atoms with van der Waals surface area (Å²) in [6.07, 6.45) is 2.14. The van der Waals surface area contributed by atoms with Crippen LogP contribution in [0.15, 0.2) is 0 Å². The zero-order valence-corrected chi connectivity index (χ0v) is 14.1. The fourth-order valence-electron chi connectivity index (χ4n) is 3.69. The number of hydrogen-bond donors (Lipinski definition) is 1. The second kappa shape index (κ2) is 6.34. The van der Waals surface area contributed by atoms with E-state index in [2.05, 4.69) is 39.5 Å². The van der Waals surface area contributed by atoms with Crippen LogP contribution in [0.4, 0.5) is 0 Å². The highest BCUT2D eigenvalue weighted by Gasteiger charge is 2.54. The third-order valence-electron chi connectivity index (χ3n) is 5.54. The zero-order chi connectivity index (χ0) is 16.4. The van der Waals surface area contributed by atoms with Gasteiger partial charge in [0.05, 0.1) is 6.54 Å². The van der Waals surface area contributed by atoms with Gasteiger partial charge in [-0.3, -0.25) is 14.5 Å². The first kappa shape index (κ1) is 18.0. The van der Waals surface area contributed by atoms with Crippen LogP contribution < -0.4 is 0 Å². The molecule has 1 N–H and O–H groups in total. The van der Waals surface area contributed by atoms with E-state index in [0.29, 0.717) is 6.42 Å². The number of carbonyl (C=O) groups is 2. The lowest BCUT2D eigenvalue weighted by Gasteiger charge is -2.59. The first-order chi connectivity index (χ1) is 9.60. The number of carboxylic acid groups (broad SMARTS) is 1. The highest BCUT2D eigenvalue weighted by Crippen LogP contribution is 2.46. The van der Waals surface area contributed by atoms with Gasteiger partial charge in [-0.1, -0.05) is 20.8 Å². The molecule has 1 fully saturated rings. The van der Waals surface area contributed by atoms with Gasteiger partial charge in [-0.25, -0.2) is 0 Å². The van der Waals surface area contributed by atoms with Gasteiger partial charge < -0.3 is 9.84 Å². The van der Waals surface area contributed by atoms with E-state index in [9.17, 15) is 14.7 Å². The van der Waals surface area contributed by atoms with Gasteiger partial charge in [0.1, 0.15) is 6.10 Å². The Bertz CT molecular complexity index is 411. The lowest BCUT2D eigenvalue weighted by Crippen LogP contribution is -2.69. The van der Waals surface area contributed by atoms with Crippen LogP contribution in [0.5, 0.6) is 0 Å². The Balaban J connectivity index is 3.23. The summed E-state index contributed by atoms with van der Waals surface area (Å²) in [6, 6.07) is 0. The van der Waals surface area contributed by atoms with Crippen LogP contribution in [0.25, 0.3) is 0 Å². The molecule has 0 aliphatic carbocycles. The molecular weight excluding hydrogens is 270 g/mol. The van der Waals surface area contributed by atoms with E-state index in [4.69, 9.17) is 4.74 Å². The van der Waals surface area contributed by atoms with Crippen molar-refractivity contribution in [3.8, 4) is 0 Å². The molecule has 5 nitrogen and oxygen atoms in total. The number of esters is 1. The molecule has 1 rings (SSSR count). The molecule has 1 heterocycles. The van der Waals surface area contributed by atoms with Crippen molar-refractivity contribution in [1.29, 1.82) is 0 Å². The smallest absolute Gasteiger partial charge is 0.317 e. The molecule has 0 aromatic rings. The van der Waals surface area contributed by atoms with Crippen LogP contribution in [0.1, 0.15) is 60.8 Å². The van der Waals surface area contributed by atoms with E-state index in [0.717, 1.165) is 12.8 Å². The van der Waals surface area contributed by atoms with Crippen LogP contribution >= 0.6 is 0 Å². The van der Waals surface area contributed by atoms with Crippen molar-refractivity contribution in [3.05, 3.63) is 0 Å². The van der Waals surface area contributed by atoms with Crippen LogP contribution in [0, 0.1) is 5.92 Å². The predicted molar refractivity (Wildman–Crippen MR) is 81.1 cm³/mol. The fourth-order valence-corrected chi connectivity index (χ4v) is 3.69. The Kier molecular flexibility index (Phi) is 5.42. The molecule has 0 aromatic carbocycles. The lowest BCUT2D eigenvalue weighted by atomic mass is 9.68. The first-order valence-corrected chi connectivity index (χ1v) is 7.77. The summed E-state index contributed by atoms with van der Waals surface area (Å²) < 4.78 is 5.54.